The number of carbonyl (C=O) groups is 1. The average molecular weight is 236 g/mol. The molecule has 0 saturated carbocycles. The molecule has 0 bridgehead atoms. The monoisotopic (exact) mass is 236 g/mol. The van der Waals surface area contributed by atoms with Crippen molar-refractivity contribution in [2.45, 2.75) is 33.8 Å². The Kier molecular flexibility index (Phi) is 4.29. The molecule has 3 heteroatoms. The molecule has 1 rings (SSSR count). The van der Waals surface area contributed by atoms with Gasteiger partial charge in [-0.2, -0.15) is 0 Å². The van der Waals surface area contributed by atoms with Crippen LogP contribution in [0.2, 0.25) is 0 Å². The Balaban J connectivity index is 3.09. The predicted molar refractivity (Wildman–Crippen MR) is 66.8 cm³/mol. The van der Waals surface area contributed by atoms with Gasteiger partial charge in [-0.15, -0.1) is 0 Å². The lowest BCUT2D eigenvalue weighted by atomic mass is 9.86. The van der Waals surface area contributed by atoms with Crippen LogP contribution in [0, 0.1) is 25.7 Å². The fraction of sp³-hybridized carbons (Fsp3) is 0.500. The van der Waals surface area contributed by atoms with Crippen molar-refractivity contribution >= 4 is 5.97 Å². The van der Waals surface area contributed by atoms with E-state index in [1.807, 2.05) is 45.9 Å². The minimum Gasteiger partial charge on any atom is -0.481 e. The molecule has 0 fully saturated rings. The fourth-order valence-electron chi connectivity index (χ4n) is 2.17. The molecule has 1 aromatic rings. The maximum absolute atomic E-state index is 11.2. The van der Waals surface area contributed by atoms with Gasteiger partial charge in [0, 0.05) is 0 Å². The van der Waals surface area contributed by atoms with Crippen LogP contribution in [-0.4, -0.2) is 16.2 Å². The number of hydrogen-bond donors (Lipinski definition) is 2. The van der Waals surface area contributed by atoms with Gasteiger partial charge in [0.05, 0.1) is 12.0 Å². The first-order valence-electron chi connectivity index (χ1n) is 5.82. The Bertz CT molecular complexity index is 390. The van der Waals surface area contributed by atoms with E-state index in [-0.39, 0.29) is 5.92 Å². The second-order valence-electron chi connectivity index (χ2n) is 4.97. The van der Waals surface area contributed by atoms with E-state index in [1.54, 1.807) is 0 Å². The molecule has 94 valence electrons. The lowest BCUT2D eigenvalue weighted by Gasteiger charge is -2.23. The van der Waals surface area contributed by atoms with Crippen molar-refractivity contribution in [3.05, 3.63) is 34.9 Å². The van der Waals surface area contributed by atoms with Gasteiger partial charge in [-0.05, 0) is 25.3 Å². The molecule has 2 unspecified atom stereocenters. The zero-order chi connectivity index (χ0) is 13.2. The lowest BCUT2D eigenvalue weighted by molar-refractivity contribution is -0.148. The summed E-state index contributed by atoms with van der Waals surface area (Å²) < 4.78 is 0. The molecule has 0 aliphatic carbocycles. The first-order chi connectivity index (χ1) is 7.82. The average Bonchev–Trinajstić information content (AvgIpc) is 2.14. The largest absolute Gasteiger partial charge is 0.481 e. The van der Waals surface area contributed by atoms with E-state index >= 15 is 0 Å². The van der Waals surface area contributed by atoms with Gasteiger partial charge in [0.2, 0.25) is 0 Å². The molecule has 0 saturated heterocycles. The number of aryl methyl sites for hydroxylation is 2. The van der Waals surface area contributed by atoms with E-state index < -0.39 is 18.0 Å². The molecule has 0 radical (unpaired) electrons. The third-order valence-electron chi connectivity index (χ3n) is 2.93. The molecule has 1 aromatic carbocycles. The maximum atomic E-state index is 11.2. The Morgan fingerprint density at radius 2 is 1.59 bits per heavy atom. The molecule has 2 atom stereocenters. The second kappa shape index (κ2) is 5.32. The molecular formula is C14H20O3. The topological polar surface area (TPSA) is 57.5 Å². The molecule has 0 aromatic heterocycles. The third kappa shape index (κ3) is 3.30. The van der Waals surface area contributed by atoms with E-state index in [4.69, 9.17) is 5.11 Å². The summed E-state index contributed by atoms with van der Waals surface area (Å²) in [6.07, 6.45) is -0.953. The molecule has 0 aliphatic heterocycles. The van der Waals surface area contributed by atoms with Crippen molar-refractivity contribution in [2.24, 2.45) is 11.8 Å². The molecule has 0 heterocycles. The Hall–Kier alpha value is -1.35. The number of aliphatic hydroxyl groups excluding tert-OH is 1. The maximum Gasteiger partial charge on any atom is 0.309 e. The van der Waals surface area contributed by atoms with Crippen LogP contribution >= 0.6 is 0 Å². The summed E-state index contributed by atoms with van der Waals surface area (Å²) in [5.74, 6) is -1.83. The molecule has 0 amide bonds. The molecule has 3 nitrogen and oxygen atoms in total. The highest BCUT2D eigenvalue weighted by Gasteiger charge is 2.30. The lowest BCUT2D eigenvalue weighted by Crippen LogP contribution is -2.27. The third-order valence-corrected chi connectivity index (χ3v) is 2.93. The second-order valence-corrected chi connectivity index (χ2v) is 4.97. The summed E-state index contributed by atoms with van der Waals surface area (Å²) >= 11 is 0. The first-order valence-corrected chi connectivity index (χ1v) is 5.82. The van der Waals surface area contributed by atoms with Gasteiger partial charge < -0.3 is 10.2 Å². The fourth-order valence-corrected chi connectivity index (χ4v) is 2.17. The van der Waals surface area contributed by atoms with E-state index in [1.165, 1.54) is 0 Å². The van der Waals surface area contributed by atoms with Crippen molar-refractivity contribution in [3.8, 4) is 0 Å². The summed E-state index contributed by atoms with van der Waals surface area (Å²) in [5, 5.41) is 19.3. The quantitative estimate of drug-likeness (QED) is 0.845. The van der Waals surface area contributed by atoms with Crippen LogP contribution in [0.25, 0.3) is 0 Å². The van der Waals surface area contributed by atoms with Crippen LogP contribution in [0.15, 0.2) is 18.2 Å². The van der Waals surface area contributed by atoms with Crippen LogP contribution in [0.5, 0.6) is 0 Å². The molecule has 17 heavy (non-hydrogen) atoms. The zero-order valence-electron chi connectivity index (χ0n) is 10.8. The summed E-state index contributed by atoms with van der Waals surface area (Å²) in [7, 11) is 0. The van der Waals surface area contributed by atoms with Crippen molar-refractivity contribution in [1.82, 2.24) is 0 Å². The number of rotatable bonds is 4. The first kappa shape index (κ1) is 13.7. The minimum absolute atomic E-state index is 0.108. The summed E-state index contributed by atoms with van der Waals surface area (Å²) in [4.78, 5) is 11.2. The van der Waals surface area contributed by atoms with Crippen LogP contribution < -0.4 is 0 Å². The molecule has 0 aliphatic rings. The smallest absolute Gasteiger partial charge is 0.309 e. The molecule has 0 spiro atoms. The number of hydrogen-bond acceptors (Lipinski definition) is 2. The number of benzene rings is 1. The number of aliphatic carboxylic acids is 1. The van der Waals surface area contributed by atoms with Gasteiger partial charge in [-0.25, -0.2) is 0 Å². The van der Waals surface area contributed by atoms with Gasteiger partial charge >= 0.3 is 5.97 Å². The van der Waals surface area contributed by atoms with Crippen molar-refractivity contribution in [1.29, 1.82) is 0 Å². The summed E-state index contributed by atoms with van der Waals surface area (Å²) in [5.41, 5.74) is 2.75. The summed E-state index contributed by atoms with van der Waals surface area (Å²) in [6.45, 7) is 7.50. The van der Waals surface area contributed by atoms with Gasteiger partial charge in [0.1, 0.15) is 0 Å². The van der Waals surface area contributed by atoms with Crippen LogP contribution in [0.3, 0.4) is 0 Å². The number of carboxylic acids is 1. The zero-order valence-corrected chi connectivity index (χ0v) is 10.8. The van der Waals surface area contributed by atoms with Crippen LogP contribution in [0.4, 0.5) is 0 Å². The molecular weight excluding hydrogens is 216 g/mol. The SMILES string of the molecule is Cc1cc(C)cc(C(O)C(C(=O)O)C(C)C)c1. The standard InChI is InChI=1S/C14H20O3/c1-8(2)12(14(16)17)13(15)11-6-9(3)5-10(4)7-11/h5-8,12-13,15H,1-4H3,(H,16,17). The van der Waals surface area contributed by atoms with E-state index in [0.717, 1.165) is 11.1 Å². The van der Waals surface area contributed by atoms with Gasteiger partial charge in [-0.3, -0.25) is 4.79 Å². The minimum atomic E-state index is -0.953. The Morgan fingerprint density at radius 3 is 1.94 bits per heavy atom. The normalized spacial score (nSPS) is 14.7. The Labute approximate surface area is 102 Å². The summed E-state index contributed by atoms with van der Waals surface area (Å²) in [6, 6.07) is 5.69. The highest BCUT2D eigenvalue weighted by molar-refractivity contribution is 5.71. The van der Waals surface area contributed by atoms with Crippen LogP contribution in [0.1, 0.15) is 36.6 Å². The van der Waals surface area contributed by atoms with Gasteiger partial charge in [0.15, 0.2) is 0 Å². The van der Waals surface area contributed by atoms with E-state index in [0.29, 0.717) is 5.56 Å². The Morgan fingerprint density at radius 1 is 1.12 bits per heavy atom. The van der Waals surface area contributed by atoms with Crippen LogP contribution in [-0.2, 0) is 4.79 Å². The highest BCUT2D eigenvalue weighted by atomic mass is 16.4. The highest BCUT2D eigenvalue weighted by Crippen LogP contribution is 2.29. The van der Waals surface area contributed by atoms with E-state index in [2.05, 4.69) is 0 Å². The van der Waals surface area contributed by atoms with Gasteiger partial charge in [0.25, 0.3) is 0 Å². The van der Waals surface area contributed by atoms with E-state index in [9.17, 15) is 9.90 Å². The van der Waals surface area contributed by atoms with Crippen molar-refractivity contribution in [3.63, 3.8) is 0 Å². The predicted octanol–water partition coefficient (Wildman–Crippen LogP) is 2.69. The number of carboxylic acid groups (broad SMARTS) is 1. The number of aliphatic hydroxyl groups is 1. The van der Waals surface area contributed by atoms with Crippen molar-refractivity contribution < 1.29 is 15.0 Å². The van der Waals surface area contributed by atoms with Crippen molar-refractivity contribution in [2.75, 3.05) is 0 Å². The molecule has 2 N–H and O–H groups in total. The van der Waals surface area contributed by atoms with Gasteiger partial charge in [-0.1, -0.05) is 43.2 Å².